The number of hydrogen-bond donors (Lipinski definition) is 2. The predicted molar refractivity (Wildman–Crippen MR) is 121 cm³/mol. The molecule has 5 nitrogen and oxygen atoms in total. The van der Waals surface area contributed by atoms with Gasteiger partial charge in [0, 0.05) is 12.6 Å². The molecule has 0 aromatic heterocycles. The number of sulfonamides is 1. The Morgan fingerprint density at radius 3 is 2.26 bits per heavy atom. The molecule has 0 spiro atoms. The second kappa shape index (κ2) is 11.5. The summed E-state index contributed by atoms with van der Waals surface area (Å²) in [5, 5.41) is 2.53. The maximum Gasteiger partial charge on any atom is 0.416 e. The molecule has 34 heavy (non-hydrogen) atoms. The third kappa shape index (κ3) is 8.44. The smallest absolute Gasteiger partial charge is 0.352 e. The van der Waals surface area contributed by atoms with E-state index in [1.54, 1.807) is 4.72 Å². The number of rotatable bonds is 10. The number of halogens is 5. The van der Waals surface area contributed by atoms with Gasteiger partial charge in [-0.1, -0.05) is 19.4 Å². The maximum atomic E-state index is 14.0. The number of benzene rings is 2. The van der Waals surface area contributed by atoms with Crippen molar-refractivity contribution in [2.24, 2.45) is 0 Å². The number of carbonyl (C=O) groups is 1. The number of alkyl halides is 3. The predicted octanol–water partition coefficient (Wildman–Crippen LogP) is 5.07. The third-order valence-electron chi connectivity index (χ3n) is 4.79. The summed E-state index contributed by atoms with van der Waals surface area (Å²) in [4.78, 5) is 12.1. The van der Waals surface area contributed by atoms with Crippen LogP contribution in [0.3, 0.4) is 0 Å². The van der Waals surface area contributed by atoms with Crippen LogP contribution in [-0.4, -0.2) is 27.1 Å². The maximum absolute atomic E-state index is 14.0. The van der Waals surface area contributed by atoms with Crippen molar-refractivity contribution in [1.82, 2.24) is 5.32 Å². The lowest BCUT2D eigenvalue weighted by molar-refractivity contribution is -0.137. The zero-order valence-electron chi connectivity index (χ0n) is 18.6. The molecule has 0 saturated carbocycles. The van der Waals surface area contributed by atoms with Crippen molar-refractivity contribution in [2.45, 2.75) is 38.8 Å². The number of amides is 1. The molecule has 11 heteroatoms. The van der Waals surface area contributed by atoms with Gasteiger partial charge in [-0.25, -0.2) is 17.2 Å². The first-order valence-electron chi connectivity index (χ1n) is 10.4. The van der Waals surface area contributed by atoms with E-state index in [1.165, 1.54) is 18.2 Å². The molecule has 2 N–H and O–H groups in total. The van der Waals surface area contributed by atoms with Crippen LogP contribution in [0.15, 0.2) is 36.4 Å². The summed E-state index contributed by atoms with van der Waals surface area (Å²) < 4.78 is 91.2. The van der Waals surface area contributed by atoms with Gasteiger partial charge in [0.1, 0.15) is 5.69 Å². The molecule has 2 rings (SSSR count). The standard InChI is InChI=1S/C23H25F5N2O3S/c1-3-4-5-17-14-18(23(26,27)28)8-6-16(17)7-9-21(31)29-11-10-15-12-19(24)22(20(25)13-15)30-34(2,32)33/h6-9,12-14,30H,3-5,10-11H2,1-2H3,(H,29,31). The fourth-order valence-corrected chi connectivity index (χ4v) is 3.70. The van der Waals surface area contributed by atoms with Crippen molar-refractivity contribution in [3.8, 4) is 0 Å². The van der Waals surface area contributed by atoms with E-state index in [9.17, 15) is 35.2 Å². The summed E-state index contributed by atoms with van der Waals surface area (Å²) in [7, 11) is -3.86. The molecule has 2 aromatic carbocycles. The Balaban J connectivity index is 2.02. The quantitative estimate of drug-likeness (QED) is 0.351. The first-order valence-corrected chi connectivity index (χ1v) is 12.3. The van der Waals surface area contributed by atoms with Crippen LogP contribution in [0.25, 0.3) is 6.08 Å². The highest BCUT2D eigenvalue weighted by Gasteiger charge is 2.30. The Morgan fingerprint density at radius 2 is 1.71 bits per heavy atom. The first kappa shape index (κ1) is 27.3. The number of hydrogen-bond acceptors (Lipinski definition) is 3. The van der Waals surface area contributed by atoms with Gasteiger partial charge in [0.05, 0.1) is 11.8 Å². The third-order valence-corrected chi connectivity index (χ3v) is 5.36. The minimum atomic E-state index is -4.46. The molecule has 0 aliphatic carbocycles. The van der Waals surface area contributed by atoms with Gasteiger partial charge in [0.2, 0.25) is 15.9 Å². The van der Waals surface area contributed by atoms with Gasteiger partial charge in [-0.2, -0.15) is 13.2 Å². The molecule has 0 radical (unpaired) electrons. The number of carbonyl (C=O) groups excluding carboxylic acids is 1. The molecule has 0 saturated heterocycles. The molecular formula is C23H25F5N2O3S. The highest BCUT2D eigenvalue weighted by Crippen LogP contribution is 2.31. The van der Waals surface area contributed by atoms with Crippen LogP contribution in [0.1, 0.15) is 42.0 Å². The molecule has 0 unspecified atom stereocenters. The van der Waals surface area contributed by atoms with Crippen LogP contribution in [0.2, 0.25) is 0 Å². The van der Waals surface area contributed by atoms with Gasteiger partial charge in [-0.15, -0.1) is 0 Å². The Hall–Kier alpha value is -2.95. The summed E-state index contributed by atoms with van der Waals surface area (Å²) in [5.41, 5.74) is -0.363. The Morgan fingerprint density at radius 1 is 1.06 bits per heavy atom. The molecule has 2 aromatic rings. The van der Waals surface area contributed by atoms with Gasteiger partial charge in [-0.3, -0.25) is 9.52 Å². The van der Waals surface area contributed by atoms with Gasteiger partial charge in [0.25, 0.3) is 0 Å². The fraction of sp³-hybridized carbons (Fsp3) is 0.348. The van der Waals surface area contributed by atoms with Crippen molar-refractivity contribution >= 4 is 27.7 Å². The molecule has 0 aliphatic heterocycles. The zero-order chi connectivity index (χ0) is 25.5. The average Bonchev–Trinajstić information content (AvgIpc) is 2.72. The van der Waals surface area contributed by atoms with Crippen molar-refractivity contribution in [1.29, 1.82) is 0 Å². The molecule has 0 bridgehead atoms. The Labute approximate surface area is 195 Å². The minimum absolute atomic E-state index is 0.0244. The van der Waals surface area contributed by atoms with Crippen molar-refractivity contribution in [3.05, 3.63) is 70.3 Å². The van der Waals surface area contributed by atoms with E-state index in [0.717, 1.165) is 36.9 Å². The van der Waals surface area contributed by atoms with E-state index in [0.29, 0.717) is 24.0 Å². The highest BCUT2D eigenvalue weighted by molar-refractivity contribution is 7.92. The second-order valence-electron chi connectivity index (χ2n) is 7.70. The lowest BCUT2D eigenvalue weighted by atomic mass is 9.98. The average molecular weight is 505 g/mol. The summed E-state index contributed by atoms with van der Waals surface area (Å²) >= 11 is 0. The van der Waals surface area contributed by atoms with Gasteiger partial charge >= 0.3 is 6.18 Å². The largest absolute Gasteiger partial charge is 0.416 e. The van der Waals surface area contributed by atoms with Gasteiger partial charge in [-0.05, 0) is 66.3 Å². The van der Waals surface area contributed by atoms with E-state index in [1.807, 2.05) is 6.92 Å². The molecule has 0 aliphatic rings. The van der Waals surface area contributed by atoms with E-state index in [-0.39, 0.29) is 18.5 Å². The summed E-state index contributed by atoms with van der Waals surface area (Å²) in [6.45, 7) is 1.95. The SMILES string of the molecule is CCCCc1cc(C(F)(F)F)ccc1C=CC(=O)NCCc1cc(F)c(NS(C)(=O)=O)c(F)c1. The first-order chi connectivity index (χ1) is 15.8. The van der Waals surface area contributed by atoms with Crippen LogP contribution in [0.4, 0.5) is 27.6 Å². The fourth-order valence-electron chi connectivity index (χ4n) is 3.14. The van der Waals surface area contributed by atoms with E-state index in [4.69, 9.17) is 0 Å². The van der Waals surface area contributed by atoms with Crippen LogP contribution in [0, 0.1) is 11.6 Å². The van der Waals surface area contributed by atoms with Crippen LogP contribution < -0.4 is 10.0 Å². The molecule has 0 fully saturated rings. The monoisotopic (exact) mass is 504 g/mol. The van der Waals surface area contributed by atoms with Crippen molar-refractivity contribution in [3.63, 3.8) is 0 Å². The lowest BCUT2D eigenvalue weighted by Gasteiger charge is -2.12. The molecule has 0 heterocycles. The number of aryl methyl sites for hydroxylation is 1. The molecule has 0 atom stereocenters. The van der Waals surface area contributed by atoms with E-state index < -0.39 is 45.0 Å². The molecule has 186 valence electrons. The van der Waals surface area contributed by atoms with Crippen LogP contribution in [0.5, 0.6) is 0 Å². The second-order valence-corrected chi connectivity index (χ2v) is 9.45. The van der Waals surface area contributed by atoms with E-state index >= 15 is 0 Å². The molecular weight excluding hydrogens is 479 g/mol. The number of nitrogens with one attached hydrogen (secondary N) is 2. The van der Waals surface area contributed by atoms with Crippen molar-refractivity contribution in [2.75, 3.05) is 17.5 Å². The topological polar surface area (TPSA) is 75.3 Å². The zero-order valence-corrected chi connectivity index (χ0v) is 19.4. The van der Waals surface area contributed by atoms with Crippen LogP contribution >= 0.6 is 0 Å². The van der Waals surface area contributed by atoms with Crippen molar-refractivity contribution < 1.29 is 35.2 Å². The normalized spacial score (nSPS) is 12.2. The minimum Gasteiger partial charge on any atom is -0.352 e. The van der Waals surface area contributed by atoms with Gasteiger partial charge in [0.15, 0.2) is 11.6 Å². The van der Waals surface area contributed by atoms with E-state index in [2.05, 4.69) is 5.32 Å². The summed E-state index contributed by atoms with van der Waals surface area (Å²) in [6.07, 6.45) is 0.895. The number of unbranched alkanes of at least 4 members (excludes halogenated alkanes) is 1. The summed E-state index contributed by atoms with van der Waals surface area (Å²) in [5.74, 6) is -2.71. The Kier molecular flexibility index (Phi) is 9.20. The van der Waals surface area contributed by atoms with Crippen LogP contribution in [-0.2, 0) is 33.8 Å². The number of anilines is 1. The summed E-state index contributed by atoms with van der Waals surface area (Å²) in [6, 6.07) is 5.27. The van der Waals surface area contributed by atoms with Gasteiger partial charge < -0.3 is 5.32 Å². The lowest BCUT2D eigenvalue weighted by Crippen LogP contribution is -2.23. The molecule has 1 amide bonds. The highest BCUT2D eigenvalue weighted by atomic mass is 32.2. The Bertz CT molecular complexity index is 1140.